The maximum absolute atomic E-state index is 10.8. The van der Waals surface area contributed by atoms with E-state index in [1.165, 1.54) is 12.1 Å². The number of hydrogen-bond donors (Lipinski definition) is 0. The maximum atomic E-state index is 10.8. The van der Waals surface area contributed by atoms with Gasteiger partial charge in [-0.1, -0.05) is 0 Å². The zero-order chi connectivity index (χ0) is 9.10. The van der Waals surface area contributed by atoms with Crippen molar-refractivity contribution in [2.24, 2.45) is 0 Å². The number of ether oxygens (including phenoxy) is 1. The number of pyridine rings is 1. The molecule has 0 bridgehead atoms. The summed E-state index contributed by atoms with van der Waals surface area (Å²) in [5, 5.41) is 0. The van der Waals surface area contributed by atoms with E-state index in [9.17, 15) is 4.79 Å². The predicted octanol–water partition coefficient (Wildman–Crippen LogP) is 1.23. The summed E-state index contributed by atoms with van der Waals surface area (Å²) in [5.74, 6) is 0. The highest BCUT2D eigenvalue weighted by atomic mass is 16.5. The Bertz CT molecular complexity index is 395. The van der Waals surface area contributed by atoms with Gasteiger partial charge >= 0.3 is 0 Å². The third kappa shape index (κ3) is 1.69. The van der Waals surface area contributed by atoms with Gasteiger partial charge in [0, 0.05) is 30.2 Å². The van der Waals surface area contributed by atoms with E-state index in [-0.39, 0.29) is 5.43 Å². The minimum atomic E-state index is 0.0212. The minimum Gasteiger partial charge on any atom is -0.497 e. The van der Waals surface area contributed by atoms with Crippen molar-refractivity contribution in [3.8, 4) is 0 Å². The standard InChI is InChI=1S/C10H9NO2/c12-10-1-5-11(6-2-10)9-3-7-13-8-4-9/h1-7H,8H2. The molecule has 1 aliphatic rings. The summed E-state index contributed by atoms with van der Waals surface area (Å²) in [4.78, 5) is 10.8. The van der Waals surface area contributed by atoms with E-state index in [2.05, 4.69) is 0 Å². The molecular weight excluding hydrogens is 166 g/mol. The molecule has 0 saturated heterocycles. The molecule has 13 heavy (non-hydrogen) atoms. The van der Waals surface area contributed by atoms with E-state index in [4.69, 9.17) is 4.74 Å². The summed E-state index contributed by atoms with van der Waals surface area (Å²) in [6.07, 6.45) is 8.93. The Balaban J connectivity index is 2.35. The van der Waals surface area contributed by atoms with Crippen LogP contribution in [-0.2, 0) is 4.74 Å². The second-order valence-corrected chi connectivity index (χ2v) is 2.71. The second kappa shape index (κ2) is 3.31. The summed E-state index contributed by atoms with van der Waals surface area (Å²) in [6, 6.07) is 3.06. The van der Waals surface area contributed by atoms with Crippen LogP contribution in [0, 0.1) is 0 Å². The van der Waals surface area contributed by atoms with Gasteiger partial charge in [0.2, 0.25) is 0 Å². The number of nitrogens with zero attached hydrogens (tertiary/aromatic N) is 1. The predicted molar refractivity (Wildman–Crippen MR) is 50.1 cm³/mol. The van der Waals surface area contributed by atoms with E-state index in [1.807, 2.05) is 16.7 Å². The fraction of sp³-hybridized carbons (Fsp3) is 0.100. The number of aromatic nitrogens is 1. The number of allylic oxidation sites excluding steroid dienone is 2. The Kier molecular flexibility index (Phi) is 2.00. The third-order valence-corrected chi connectivity index (χ3v) is 1.82. The molecular formula is C10H9NO2. The Morgan fingerprint density at radius 1 is 1.31 bits per heavy atom. The lowest BCUT2D eigenvalue weighted by Gasteiger charge is -2.10. The molecule has 0 amide bonds. The maximum Gasteiger partial charge on any atom is 0.181 e. The van der Waals surface area contributed by atoms with Crippen molar-refractivity contribution in [1.29, 1.82) is 0 Å². The van der Waals surface area contributed by atoms with Crippen molar-refractivity contribution in [2.45, 2.75) is 0 Å². The number of rotatable bonds is 1. The highest BCUT2D eigenvalue weighted by Crippen LogP contribution is 2.08. The van der Waals surface area contributed by atoms with Crippen molar-refractivity contribution in [2.75, 3.05) is 6.61 Å². The average Bonchev–Trinajstić information content (AvgIpc) is 2.20. The van der Waals surface area contributed by atoms with Crippen LogP contribution < -0.4 is 5.43 Å². The van der Waals surface area contributed by atoms with Crippen LogP contribution in [-0.4, -0.2) is 11.2 Å². The van der Waals surface area contributed by atoms with Crippen LogP contribution in [0.25, 0.3) is 5.70 Å². The van der Waals surface area contributed by atoms with E-state index < -0.39 is 0 Å². The minimum absolute atomic E-state index is 0.0212. The van der Waals surface area contributed by atoms with E-state index in [1.54, 1.807) is 18.7 Å². The Morgan fingerprint density at radius 2 is 2.08 bits per heavy atom. The highest BCUT2D eigenvalue weighted by Gasteiger charge is 1.97. The quantitative estimate of drug-likeness (QED) is 0.642. The van der Waals surface area contributed by atoms with Crippen molar-refractivity contribution in [1.82, 2.24) is 4.57 Å². The summed E-state index contributed by atoms with van der Waals surface area (Å²) in [5.41, 5.74) is 1.04. The largest absolute Gasteiger partial charge is 0.497 e. The summed E-state index contributed by atoms with van der Waals surface area (Å²) in [6.45, 7) is 0.581. The Morgan fingerprint density at radius 3 is 2.69 bits per heavy atom. The lowest BCUT2D eigenvalue weighted by molar-refractivity contribution is 0.286. The van der Waals surface area contributed by atoms with Gasteiger partial charge in [-0.25, -0.2) is 0 Å². The molecule has 0 unspecified atom stereocenters. The van der Waals surface area contributed by atoms with Gasteiger partial charge in [0.05, 0.1) is 6.26 Å². The van der Waals surface area contributed by atoms with E-state index >= 15 is 0 Å². The van der Waals surface area contributed by atoms with Crippen LogP contribution in [0.2, 0.25) is 0 Å². The zero-order valence-corrected chi connectivity index (χ0v) is 7.01. The van der Waals surface area contributed by atoms with Gasteiger partial charge < -0.3 is 9.30 Å². The molecule has 66 valence electrons. The number of hydrogen-bond acceptors (Lipinski definition) is 2. The van der Waals surface area contributed by atoms with Gasteiger partial charge in [-0.05, 0) is 12.2 Å². The monoisotopic (exact) mass is 175 g/mol. The van der Waals surface area contributed by atoms with Gasteiger partial charge in [0.25, 0.3) is 0 Å². The van der Waals surface area contributed by atoms with Crippen LogP contribution in [0.1, 0.15) is 0 Å². The lowest BCUT2D eigenvalue weighted by atomic mass is 10.3. The summed E-state index contributed by atoms with van der Waals surface area (Å²) in [7, 11) is 0. The van der Waals surface area contributed by atoms with Crippen LogP contribution in [0.5, 0.6) is 0 Å². The van der Waals surface area contributed by atoms with Gasteiger partial charge in [-0.15, -0.1) is 0 Å². The molecule has 0 aromatic carbocycles. The summed E-state index contributed by atoms with van der Waals surface area (Å²) < 4.78 is 6.89. The molecule has 3 heteroatoms. The van der Waals surface area contributed by atoms with Crippen LogP contribution in [0.4, 0.5) is 0 Å². The SMILES string of the molecule is O=c1ccn(C2=CCOC=C2)cc1. The van der Waals surface area contributed by atoms with Crippen molar-refractivity contribution >= 4 is 5.70 Å². The molecule has 1 aromatic heterocycles. The fourth-order valence-electron chi connectivity index (χ4n) is 1.15. The Hall–Kier alpha value is -1.77. The topological polar surface area (TPSA) is 31.2 Å². The molecule has 3 nitrogen and oxygen atoms in total. The molecule has 2 rings (SSSR count). The van der Waals surface area contributed by atoms with Gasteiger partial charge in [-0.3, -0.25) is 4.79 Å². The van der Waals surface area contributed by atoms with Crippen LogP contribution in [0.15, 0.2) is 47.7 Å². The fourth-order valence-corrected chi connectivity index (χ4v) is 1.15. The van der Waals surface area contributed by atoms with Crippen LogP contribution >= 0.6 is 0 Å². The van der Waals surface area contributed by atoms with Crippen molar-refractivity contribution in [3.63, 3.8) is 0 Å². The highest BCUT2D eigenvalue weighted by molar-refractivity contribution is 5.57. The molecule has 0 fully saturated rings. The van der Waals surface area contributed by atoms with Crippen LogP contribution in [0.3, 0.4) is 0 Å². The average molecular weight is 175 g/mol. The first-order valence-corrected chi connectivity index (χ1v) is 4.03. The smallest absolute Gasteiger partial charge is 0.181 e. The van der Waals surface area contributed by atoms with Gasteiger partial charge in [0.15, 0.2) is 5.43 Å². The van der Waals surface area contributed by atoms with Gasteiger partial charge in [0.1, 0.15) is 6.61 Å². The molecule has 0 saturated carbocycles. The third-order valence-electron chi connectivity index (χ3n) is 1.82. The first kappa shape index (κ1) is 7.86. The normalized spacial score (nSPS) is 14.9. The molecule has 0 radical (unpaired) electrons. The molecule has 2 heterocycles. The molecule has 1 aromatic rings. The molecule has 0 atom stereocenters. The van der Waals surface area contributed by atoms with Gasteiger partial charge in [-0.2, -0.15) is 0 Å². The first-order chi connectivity index (χ1) is 6.36. The summed E-state index contributed by atoms with van der Waals surface area (Å²) >= 11 is 0. The Labute approximate surface area is 75.6 Å². The molecule has 0 spiro atoms. The van der Waals surface area contributed by atoms with E-state index in [0.29, 0.717) is 6.61 Å². The molecule has 0 N–H and O–H groups in total. The first-order valence-electron chi connectivity index (χ1n) is 4.03. The van der Waals surface area contributed by atoms with Crippen molar-refractivity contribution in [3.05, 3.63) is 53.2 Å². The molecule has 1 aliphatic heterocycles. The zero-order valence-electron chi connectivity index (χ0n) is 7.01. The lowest BCUT2D eigenvalue weighted by Crippen LogP contribution is -2.04. The van der Waals surface area contributed by atoms with Crippen molar-refractivity contribution < 1.29 is 4.74 Å². The second-order valence-electron chi connectivity index (χ2n) is 2.71. The molecule has 0 aliphatic carbocycles. The van der Waals surface area contributed by atoms with E-state index in [0.717, 1.165) is 5.70 Å².